The average Bonchev–Trinajstić information content (AvgIpc) is 2.89. The molecule has 1 aliphatic heterocycles. The number of allylic oxidation sites excluding steroid dienone is 2. The van der Waals surface area contributed by atoms with Crippen LogP contribution in [-0.2, 0) is 6.42 Å². The summed E-state index contributed by atoms with van der Waals surface area (Å²) in [7, 11) is 1.69. The third kappa shape index (κ3) is 2.62. The number of nitrogens with zero attached hydrogens (tertiary/aromatic N) is 4. The number of aromatic nitrogens is 2. The lowest BCUT2D eigenvalue weighted by atomic mass is 10.3. The summed E-state index contributed by atoms with van der Waals surface area (Å²) in [5.41, 5.74) is 2.91. The van der Waals surface area contributed by atoms with Crippen LogP contribution < -0.4 is 10.3 Å². The maximum Gasteiger partial charge on any atom is 0.341 e. The molecule has 1 N–H and O–H groups in total. The fourth-order valence-corrected chi connectivity index (χ4v) is 2.24. The van der Waals surface area contributed by atoms with Gasteiger partial charge in [-0.25, -0.2) is 10.2 Å². The lowest BCUT2D eigenvalue weighted by Gasteiger charge is -2.08. The molecule has 92 valence electrons. The molecule has 0 aromatic carbocycles. The highest BCUT2D eigenvalue weighted by Gasteiger charge is 2.28. The van der Waals surface area contributed by atoms with Crippen LogP contribution >= 0.6 is 11.3 Å². The number of amides is 2. The lowest BCUT2D eigenvalue weighted by molar-refractivity contribution is 0.217. The molecule has 1 saturated heterocycles. The van der Waals surface area contributed by atoms with E-state index in [0.29, 0.717) is 11.8 Å². The zero-order valence-electron chi connectivity index (χ0n) is 9.88. The molecular formula is C10H15N5OS. The maximum absolute atomic E-state index is 11.7. The Bertz CT molecular complexity index is 430. The smallest absolute Gasteiger partial charge is 0.261 e. The van der Waals surface area contributed by atoms with Gasteiger partial charge in [-0.05, 0) is 6.42 Å². The van der Waals surface area contributed by atoms with Crippen LogP contribution in [0.2, 0.25) is 0 Å². The van der Waals surface area contributed by atoms with Gasteiger partial charge in [-0.3, -0.25) is 9.91 Å². The first-order valence-corrected chi connectivity index (χ1v) is 6.30. The van der Waals surface area contributed by atoms with Gasteiger partial charge in [-0.1, -0.05) is 30.4 Å². The van der Waals surface area contributed by atoms with Gasteiger partial charge in [0.25, 0.3) is 0 Å². The molecule has 0 unspecified atom stereocenters. The summed E-state index contributed by atoms with van der Waals surface area (Å²) < 4.78 is 0. The lowest BCUT2D eigenvalue weighted by Crippen LogP contribution is -2.31. The van der Waals surface area contributed by atoms with E-state index >= 15 is 0 Å². The molecular weight excluding hydrogens is 238 g/mol. The molecule has 1 fully saturated rings. The van der Waals surface area contributed by atoms with Gasteiger partial charge >= 0.3 is 6.03 Å². The number of carbonyl (C=O) groups is 1. The van der Waals surface area contributed by atoms with Gasteiger partial charge in [0.2, 0.25) is 5.13 Å². The topological polar surface area (TPSA) is 61.4 Å². The van der Waals surface area contributed by atoms with E-state index in [4.69, 9.17) is 0 Å². The van der Waals surface area contributed by atoms with Crippen molar-refractivity contribution in [2.75, 3.05) is 18.6 Å². The van der Waals surface area contributed by atoms with Crippen LogP contribution in [0, 0.1) is 0 Å². The summed E-state index contributed by atoms with van der Waals surface area (Å²) in [6.45, 7) is 2.54. The summed E-state index contributed by atoms with van der Waals surface area (Å²) in [6.07, 6.45) is 5.96. The first-order valence-electron chi connectivity index (χ1n) is 5.48. The number of nitrogens with one attached hydrogen (secondary N) is 1. The molecule has 0 aliphatic carbocycles. The molecule has 0 bridgehead atoms. The summed E-state index contributed by atoms with van der Waals surface area (Å²) >= 11 is 1.45. The van der Waals surface area contributed by atoms with Gasteiger partial charge < -0.3 is 0 Å². The van der Waals surface area contributed by atoms with Crippen LogP contribution in [0.25, 0.3) is 0 Å². The minimum atomic E-state index is -0.100. The number of rotatable bonds is 4. The normalized spacial score (nSPS) is 16.5. The molecule has 1 aliphatic rings. The van der Waals surface area contributed by atoms with Gasteiger partial charge in [-0.15, -0.1) is 10.2 Å². The Morgan fingerprint density at radius 1 is 1.47 bits per heavy atom. The SMILES string of the molecule is CC/C=C/Cc1nnc(N2CNN(C)C2=O)s1. The second-order valence-electron chi connectivity index (χ2n) is 3.65. The fraction of sp³-hybridized carbons (Fsp3) is 0.500. The molecule has 2 amide bonds. The molecule has 17 heavy (non-hydrogen) atoms. The molecule has 1 aromatic rings. The maximum atomic E-state index is 11.7. The van der Waals surface area contributed by atoms with E-state index in [2.05, 4.69) is 34.7 Å². The van der Waals surface area contributed by atoms with Gasteiger partial charge in [0.05, 0.1) is 6.67 Å². The van der Waals surface area contributed by atoms with Crippen LogP contribution in [0.5, 0.6) is 0 Å². The second kappa shape index (κ2) is 5.24. The zero-order valence-corrected chi connectivity index (χ0v) is 10.7. The third-order valence-corrected chi connectivity index (χ3v) is 3.33. The van der Waals surface area contributed by atoms with Crippen LogP contribution in [0.15, 0.2) is 12.2 Å². The van der Waals surface area contributed by atoms with Gasteiger partial charge in [0.1, 0.15) is 5.01 Å². The van der Waals surface area contributed by atoms with Crippen molar-refractivity contribution < 1.29 is 4.79 Å². The first-order chi connectivity index (χ1) is 8.22. The summed E-state index contributed by atoms with van der Waals surface area (Å²) in [5.74, 6) is 0. The standard InChI is InChI=1S/C10H15N5OS/c1-3-4-5-6-8-12-13-9(17-8)15-7-11-14(2)10(15)16/h4-5,11H,3,6-7H2,1-2H3/b5-4+. The van der Waals surface area contributed by atoms with Gasteiger partial charge in [0, 0.05) is 13.5 Å². The van der Waals surface area contributed by atoms with E-state index in [9.17, 15) is 4.79 Å². The highest BCUT2D eigenvalue weighted by molar-refractivity contribution is 7.15. The van der Waals surface area contributed by atoms with Crippen LogP contribution in [-0.4, -0.2) is 35.0 Å². The second-order valence-corrected chi connectivity index (χ2v) is 4.69. The molecule has 6 nitrogen and oxygen atoms in total. The Kier molecular flexibility index (Phi) is 3.70. The Morgan fingerprint density at radius 2 is 2.29 bits per heavy atom. The molecule has 0 radical (unpaired) electrons. The van der Waals surface area contributed by atoms with E-state index in [1.165, 1.54) is 16.3 Å². The van der Waals surface area contributed by atoms with Crippen LogP contribution in [0.4, 0.5) is 9.93 Å². The van der Waals surface area contributed by atoms with Crippen molar-refractivity contribution in [3.63, 3.8) is 0 Å². The van der Waals surface area contributed by atoms with Crippen molar-refractivity contribution in [2.45, 2.75) is 19.8 Å². The first kappa shape index (κ1) is 12.0. The molecule has 1 aromatic heterocycles. The minimum absolute atomic E-state index is 0.100. The third-order valence-electron chi connectivity index (χ3n) is 2.37. The van der Waals surface area contributed by atoms with Crippen molar-refractivity contribution >= 4 is 22.5 Å². The summed E-state index contributed by atoms with van der Waals surface area (Å²) in [6, 6.07) is -0.100. The Morgan fingerprint density at radius 3 is 2.94 bits per heavy atom. The zero-order chi connectivity index (χ0) is 12.3. The van der Waals surface area contributed by atoms with Crippen molar-refractivity contribution in [3.8, 4) is 0 Å². The van der Waals surface area contributed by atoms with Crippen LogP contribution in [0.3, 0.4) is 0 Å². The van der Waals surface area contributed by atoms with Crippen molar-refractivity contribution in [2.24, 2.45) is 0 Å². The molecule has 0 spiro atoms. The fourth-order valence-electron chi connectivity index (χ4n) is 1.43. The molecule has 0 atom stereocenters. The van der Waals surface area contributed by atoms with Crippen molar-refractivity contribution in [3.05, 3.63) is 17.2 Å². The summed E-state index contributed by atoms with van der Waals surface area (Å²) in [4.78, 5) is 13.3. The minimum Gasteiger partial charge on any atom is -0.261 e. The largest absolute Gasteiger partial charge is 0.341 e. The number of hydrogen-bond donors (Lipinski definition) is 1. The highest BCUT2D eigenvalue weighted by atomic mass is 32.1. The number of hydrazine groups is 1. The molecule has 2 rings (SSSR count). The van der Waals surface area contributed by atoms with Crippen molar-refractivity contribution in [1.29, 1.82) is 0 Å². The van der Waals surface area contributed by atoms with E-state index in [0.717, 1.165) is 17.8 Å². The van der Waals surface area contributed by atoms with E-state index < -0.39 is 0 Å². The van der Waals surface area contributed by atoms with Crippen LogP contribution in [0.1, 0.15) is 18.4 Å². The highest BCUT2D eigenvalue weighted by Crippen LogP contribution is 2.22. The number of urea groups is 1. The van der Waals surface area contributed by atoms with Crippen molar-refractivity contribution in [1.82, 2.24) is 20.6 Å². The Hall–Kier alpha value is -1.47. The van der Waals surface area contributed by atoms with Gasteiger partial charge in [0.15, 0.2) is 0 Å². The molecule has 2 heterocycles. The summed E-state index contributed by atoms with van der Waals surface area (Å²) in [5, 5.41) is 11.1. The molecule has 7 heteroatoms. The number of anilines is 1. The average molecular weight is 253 g/mol. The monoisotopic (exact) mass is 253 g/mol. The van der Waals surface area contributed by atoms with Gasteiger partial charge in [-0.2, -0.15) is 0 Å². The predicted molar refractivity (Wildman–Crippen MR) is 66.7 cm³/mol. The number of carbonyl (C=O) groups excluding carboxylic acids is 1. The predicted octanol–water partition coefficient (Wildman–Crippen LogP) is 1.38. The number of hydrogen-bond acceptors (Lipinski definition) is 5. The molecule has 0 saturated carbocycles. The Labute approximate surface area is 104 Å². The Balaban J connectivity index is 2.03. The van der Waals surface area contributed by atoms with E-state index in [1.54, 1.807) is 11.9 Å². The quantitative estimate of drug-likeness (QED) is 0.823. The van der Waals surface area contributed by atoms with E-state index in [-0.39, 0.29) is 6.03 Å². The van der Waals surface area contributed by atoms with E-state index in [1.807, 2.05) is 0 Å².